The van der Waals surface area contributed by atoms with Crippen molar-refractivity contribution in [3.05, 3.63) is 48.0 Å². The van der Waals surface area contributed by atoms with E-state index in [0.717, 1.165) is 30.4 Å². The van der Waals surface area contributed by atoms with Gasteiger partial charge in [-0.05, 0) is 16.3 Å². The van der Waals surface area contributed by atoms with Crippen molar-refractivity contribution in [1.82, 2.24) is 10.6 Å². The zero-order valence-electron chi connectivity index (χ0n) is 20.3. The van der Waals surface area contributed by atoms with E-state index in [-0.39, 0.29) is 36.0 Å². The van der Waals surface area contributed by atoms with Crippen LogP contribution in [-0.2, 0) is 30.3 Å². The number of aliphatic carboxylic acids is 1. The van der Waals surface area contributed by atoms with Crippen molar-refractivity contribution in [1.29, 1.82) is 0 Å². The zero-order chi connectivity index (χ0) is 25.8. The van der Waals surface area contributed by atoms with Gasteiger partial charge in [0, 0.05) is 27.0 Å². The van der Waals surface area contributed by atoms with Gasteiger partial charge in [-0.25, -0.2) is 0 Å². The van der Waals surface area contributed by atoms with E-state index in [1.165, 1.54) is 0 Å². The van der Waals surface area contributed by atoms with Gasteiger partial charge < -0.3 is 45.3 Å². The quantitative estimate of drug-likeness (QED) is 0.206. The summed E-state index contributed by atoms with van der Waals surface area (Å²) in [5, 5.41) is 50.2. The van der Waals surface area contributed by atoms with Crippen LogP contribution in [0.15, 0.2) is 42.5 Å². The molecule has 0 aromatic heterocycles. The van der Waals surface area contributed by atoms with Crippen LogP contribution in [0.2, 0.25) is 0 Å². The molecule has 0 spiro atoms. The number of fused-ring (bicyclic) bond motifs is 1. The maximum Gasteiger partial charge on any atom is 1.00 e. The van der Waals surface area contributed by atoms with Gasteiger partial charge in [-0.3, -0.25) is 9.59 Å². The number of carboxylic acids is 1. The molecule has 0 radical (unpaired) electrons. The standard InChI is InChI=1S/C24H30N2O9.Na/c1-13(27)26-20-17(28)11-24(34-2,23(32)33)35-22(20)21(31)18(29)12-25-19(30)10-15-8-5-7-14-6-3-4-9-16(14)15;/h3-9,17-18,20-22,28-29,31H,10-12H2,1-2H3,(H,25,30)(H,26,27)(H,32,33);/q;+1/p-1/t17-,18+,20+,21+,22+,24?;/m0./s1. The number of hydrogen-bond acceptors (Lipinski definition) is 9. The summed E-state index contributed by atoms with van der Waals surface area (Å²) < 4.78 is 10.3. The minimum Gasteiger partial charge on any atom is -0.544 e. The van der Waals surface area contributed by atoms with Crippen LogP contribution in [0.4, 0.5) is 0 Å². The average Bonchev–Trinajstić information content (AvgIpc) is 2.83. The van der Waals surface area contributed by atoms with Crippen molar-refractivity contribution in [2.45, 2.75) is 56.0 Å². The van der Waals surface area contributed by atoms with Crippen LogP contribution >= 0.6 is 0 Å². The number of carboxylic acid groups (broad SMARTS) is 1. The molecule has 0 saturated carbocycles. The average molecular weight is 512 g/mol. The number of carbonyl (C=O) groups is 3. The van der Waals surface area contributed by atoms with E-state index >= 15 is 0 Å². The number of aliphatic hydroxyl groups is 3. The third-order valence-corrected chi connectivity index (χ3v) is 6.05. The molecule has 11 nitrogen and oxygen atoms in total. The molecule has 0 aliphatic carbocycles. The Labute approximate surface area is 230 Å². The molecule has 1 heterocycles. The van der Waals surface area contributed by atoms with E-state index < -0.39 is 67.0 Å². The summed E-state index contributed by atoms with van der Waals surface area (Å²) >= 11 is 0. The maximum atomic E-state index is 12.5. The smallest absolute Gasteiger partial charge is 0.544 e. The molecule has 5 N–H and O–H groups in total. The molecule has 0 bridgehead atoms. The Bertz CT molecular complexity index is 1080. The fourth-order valence-electron chi connectivity index (χ4n) is 4.24. The molecule has 3 rings (SSSR count). The number of benzene rings is 2. The molecule has 1 unspecified atom stereocenters. The first kappa shape index (κ1) is 30.1. The van der Waals surface area contributed by atoms with Gasteiger partial charge in [0.2, 0.25) is 17.6 Å². The van der Waals surface area contributed by atoms with Crippen molar-refractivity contribution in [2.75, 3.05) is 13.7 Å². The summed E-state index contributed by atoms with van der Waals surface area (Å²) in [5.41, 5.74) is 0.777. The fourth-order valence-corrected chi connectivity index (χ4v) is 4.24. The van der Waals surface area contributed by atoms with Gasteiger partial charge in [0.25, 0.3) is 0 Å². The number of methoxy groups -OCH3 is 1. The van der Waals surface area contributed by atoms with Crippen LogP contribution < -0.4 is 45.3 Å². The van der Waals surface area contributed by atoms with E-state index in [4.69, 9.17) is 9.47 Å². The molecule has 2 aromatic carbocycles. The van der Waals surface area contributed by atoms with Crippen LogP contribution in [0.25, 0.3) is 10.8 Å². The Morgan fingerprint density at radius 1 is 1.19 bits per heavy atom. The summed E-state index contributed by atoms with van der Waals surface area (Å²) in [6.45, 7) is 0.760. The topological polar surface area (TPSA) is 177 Å². The SMILES string of the molecule is COC1(C(=O)[O-])C[C@H](O)[C@@H](NC(C)=O)[C@H]([C@H](O)[C@H](O)CNC(=O)Cc2cccc3ccccc23)O1.[Na+]. The van der Waals surface area contributed by atoms with Crippen LogP contribution in [0.1, 0.15) is 18.9 Å². The van der Waals surface area contributed by atoms with Gasteiger partial charge in [0.1, 0.15) is 18.2 Å². The number of rotatable bonds is 9. The van der Waals surface area contributed by atoms with Crippen molar-refractivity contribution in [3.63, 3.8) is 0 Å². The third kappa shape index (κ3) is 6.81. The number of carbonyl (C=O) groups excluding carboxylic acids is 3. The van der Waals surface area contributed by atoms with Gasteiger partial charge in [-0.1, -0.05) is 42.5 Å². The first-order chi connectivity index (χ1) is 16.6. The number of amides is 2. The van der Waals surface area contributed by atoms with Gasteiger partial charge in [0.15, 0.2) is 0 Å². The largest absolute Gasteiger partial charge is 1.00 e. The molecular formula is C24H29N2NaO9. The van der Waals surface area contributed by atoms with Crippen molar-refractivity contribution < 1.29 is 73.8 Å². The Balaban J connectivity index is 0.00000456. The Kier molecular flexibility index (Phi) is 10.8. The van der Waals surface area contributed by atoms with E-state index in [9.17, 15) is 34.8 Å². The normalized spacial score (nSPS) is 25.3. The zero-order valence-corrected chi connectivity index (χ0v) is 22.3. The second kappa shape index (κ2) is 12.9. The predicted molar refractivity (Wildman–Crippen MR) is 121 cm³/mol. The fraction of sp³-hybridized carbons (Fsp3) is 0.458. The van der Waals surface area contributed by atoms with Gasteiger partial charge in [-0.2, -0.15) is 0 Å². The molecule has 12 heteroatoms. The van der Waals surface area contributed by atoms with E-state index in [2.05, 4.69) is 10.6 Å². The summed E-state index contributed by atoms with van der Waals surface area (Å²) in [6.07, 6.45) is -7.10. The molecule has 1 saturated heterocycles. The van der Waals surface area contributed by atoms with Crippen molar-refractivity contribution in [3.8, 4) is 0 Å². The van der Waals surface area contributed by atoms with E-state index in [0.29, 0.717) is 0 Å². The molecule has 1 aliphatic heterocycles. The first-order valence-corrected chi connectivity index (χ1v) is 11.1. The minimum atomic E-state index is -2.41. The van der Waals surface area contributed by atoms with E-state index in [1.54, 1.807) is 0 Å². The summed E-state index contributed by atoms with van der Waals surface area (Å²) in [6, 6.07) is 11.9. The molecule has 6 atom stereocenters. The third-order valence-electron chi connectivity index (χ3n) is 6.05. The number of ether oxygens (including phenoxy) is 2. The molecule has 36 heavy (non-hydrogen) atoms. The molecule has 190 valence electrons. The van der Waals surface area contributed by atoms with Gasteiger partial charge in [0.05, 0.1) is 24.7 Å². The predicted octanol–water partition coefficient (Wildman–Crippen LogP) is -5.03. The maximum absolute atomic E-state index is 12.5. The van der Waals surface area contributed by atoms with Crippen LogP contribution in [0, 0.1) is 0 Å². The Hall–Kier alpha value is -2.09. The summed E-state index contributed by atoms with van der Waals surface area (Å²) in [4.78, 5) is 35.8. The number of aliphatic hydroxyl groups excluding tert-OH is 3. The molecule has 2 aromatic rings. The molecule has 2 amide bonds. The van der Waals surface area contributed by atoms with Crippen LogP contribution in [0.5, 0.6) is 0 Å². The second-order valence-corrected chi connectivity index (χ2v) is 8.50. The minimum absolute atomic E-state index is 0. The number of nitrogens with one attached hydrogen (secondary N) is 2. The Morgan fingerprint density at radius 2 is 1.86 bits per heavy atom. The molecular weight excluding hydrogens is 483 g/mol. The van der Waals surface area contributed by atoms with Crippen LogP contribution in [0.3, 0.4) is 0 Å². The van der Waals surface area contributed by atoms with E-state index in [1.807, 2.05) is 42.5 Å². The summed E-state index contributed by atoms with van der Waals surface area (Å²) in [7, 11) is 1.02. The first-order valence-electron chi connectivity index (χ1n) is 11.1. The van der Waals surface area contributed by atoms with Crippen molar-refractivity contribution in [2.24, 2.45) is 0 Å². The molecule has 1 aliphatic rings. The second-order valence-electron chi connectivity index (χ2n) is 8.50. The van der Waals surface area contributed by atoms with Gasteiger partial charge in [-0.15, -0.1) is 0 Å². The monoisotopic (exact) mass is 512 g/mol. The molecule has 1 fully saturated rings. The number of hydrogen-bond donors (Lipinski definition) is 5. The van der Waals surface area contributed by atoms with Crippen molar-refractivity contribution >= 4 is 28.6 Å². The summed E-state index contributed by atoms with van der Waals surface area (Å²) in [5.74, 6) is -5.20. The van der Waals surface area contributed by atoms with Gasteiger partial charge >= 0.3 is 29.6 Å². The Morgan fingerprint density at radius 3 is 2.50 bits per heavy atom. The van der Waals surface area contributed by atoms with Crippen LogP contribution in [-0.4, -0.2) is 83.0 Å².